The highest BCUT2D eigenvalue weighted by Crippen LogP contribution is 2.37. The van der Waals surface area contributed by atoms with Crippen LogP contribution in [0, 0.1) is 21.4 Å². The zero-order valence-corrected chi connectivity index (χ0v) is 10.9. The zero-order chi connectivity index (χ0) is 14.0. The van der Waals surface area contributed by atoms with Gasteiger partial charge < -0.3 is 0 Å². The summed E-state index contributed by atoms with van der Waals surface area (Å²) >= 11 is 12.1. The molecular weight excluding hydrogens is 287 g/mol. The first-order valence-electron chi connectivity index (χ1n) is 5.17. The van der Waals surface area contributed by atoms with Gasteiger partial charge in [-0.3, -0.25) is 10.1 Å². The molecule has 0 aromatic heterocycles. The Morgan fingerprint density at radius 1 is 1.11 bits per heavy atom. The molecule has 4 nitrogen and oxygen atoms in total. The molecule has 0 aliphatic heterocycles. The van der Waals surface area contributed by atoms with E-state index in [4.69, 9.17) is 28.5 Å². The van der Waals surface area contributed by atoms with Crippen LogP contribution in [0.25, 0.3) is 11.1 Å². The quantitative estimate of drug-likeness (QED) is 0.607. The predicted molar refractivity (Wildman–Crippen MR) is 73.3 cm³/mol. The van der Waals surface area contributed by atoms with Gasteiger partial charge in [0, 0.05) is 17.7 Å². The molecule has 0 amide bonds. The molecule has 6 heteroatoms. The van der Waals surface area contributed by atoms with Gasteiger partial charge in [-0.25, -0.2) is 0 Å². The number of nitro groups is 1. The highest BCUT2D eigenvalue weighted by atomic mass is 35.5. The molecule has 2 rings (SSSR count). The molecule has 2 aromatic carbocycles. The summed E-state index contributed by atoms with van der Waals surface area (Å²) < 4.78 is 0. The van der Waals surface area contributed by atoms with E-state index in [9.17, 15) is 10.1 Å². The van der Waals surface area contributed by atoms with Crippen LogP contribution < -0.4 is 0 Å². The van der Waals surface area contributed by atoms with E-state index in [2.05, 4.69) is 0 Å². The fraction of sp³-hybridized carbons (Fsp3) is 0. The zero-order valence-electron chi connectivity index (χ0n) is 9.43. The number of rotatable bonds is 2. The lowest BCUT2D eigenvalue weighted by Gasteiger charge is -2.07. The Hall–Kier alpha value is -2.09. The first-order valence-corrected chi connectivity index (χ1v) is 5.92. The highest BCUT2D eigenvalue weighted by Gasteiger charge is 2.15. The molecule has 0 bridgehead atoms. The smallest absolute Gasteiger partial charge is 0.258 e. The molecule has 0 saturated heterocycles. The van der Waals surface area contributed by atoms with Gasteiger partial charge in [-0.2, -0.15) is 5.26 Å². The maximum atomic E-state index is 10.7. The van der Waals surface area contributed by atoms with Crippen LogP contribution in [-0.2, 0) is 0 Å². The second-order valence-electron chi connectivity index (χ2n) is 3.73. The number of nitriles is 1. The van der Waals surface area contributed by atoms with Crippen molar-refractivity contribution in [2.24, 2.45) is 0 Å². The molecule has 0 spiro atoms. The lowest BCUT2D eigenvalue weighted by Crippen LogP contribution is -1.90. The van der Waals surface area contributed by atoms with Crippen molar-refractivity contribution in [3.05, 3.63) is 62.1 Å². The number of hydrogen-bond donors (Lipinski definition) is 0. The van der Waals surface area contributed by atoms with E-state index >= 15 is 0 Å². The number of benzene rings is 2. The van der Waals surface area contributed by atoms with Crippen molar-refractivity contribution in [2.45, 2.75) is 0 Å². The number of nitrogens with zero attached hydrogens (tertiary/aromatic N) is 2. The first-order chi connectivity index (χ1) is 9.02. The average molecular weight is 293 g/mol. The Bertz CT molecular complexity index is 668. The van der Waals surface area contributed by atoms with Crippen molar-refractivity contribution < 1.29 is 4.92 Å². The monoisotopic (exact) mass is 292 g/mol. The van der Waals surface area contributed by atoms with Crippen molar-refractivity contribution >= 4 is 28.9 Å². The highest BCUT2D eigenvalue weighted by molar-refractivity contribution is 6.39. The molecule has 0 unspecified atom stereocenters. The van der Waals surface area contributed by atoms with Crippen molar-refractivity contribution in [2.75, 3.05) is 0 Å². The number of halogens is 2. The maximum Gasteiger partial charge on any atom is 0.272 e. The summed E-state index contributed by atoms with van der Waals surface area (Å²) in [4.78, 5) is 10.1. The van der Waals surface area contributed by atoms with E-state index in [1.54, 1.807) is 24.3 Å². The number of hydrogen-bond acceptors (Lipinski definition) is 3. The third kappa shape index (κ3) is 2.68. The minimum Gasteiger partial charge on any atom is -0.258 e. The molecule has 0 saturated carbocycles. The summed E-state index contributed by atoms with van der Waals surface area (Å²) in [6, 6.07) is 11.1. The van der Waals surface area contributed by atoms with Crippen LogP contribution in [0.3, 0.4) is 0 Å². The van der Waals surface area contributed by atoms with Crippen molar-refractivity contribution in [3.63, 3.8) is 0 Å². The van der Waals surface area contributed by atoms with E-state index < -0.39 is 4.92 Å². The fourth-order valence-corrected chi connectivity index (χ4v) is 2.35. The Morgan fingerprint density at radius 3 is 2.05 bits per heavy atom. The molecule has 19 heavy (non-hydrogen) atoms. The molecule has 0 fully saturated rings. The minimum atomic E-state index is -0.555. The molecule has 0 heterocycles. The topological polar surface area (TPSA) is 66.9 Å². The number of non-ortho nitro benzene ring substituents is 1. The van der Waals surface area contributed by atoms with Gasteiger partial charge in [0.1, 0.15) is 0 Å². The van der Waals surface area contributed by atoms with Gasteiger partial charge in [0.05, 0.1) is 26.6 Å². The Balaban J connectivity index is 2.56. The summed E-state index contributed by atoms with van der Waals surface area (Å²) in [7, 11) is 0. The average Bonchev–Trinajstić information content (AvgIpc) is 2.38. The molecule has 94 valence electrons. The summed E-state index contributed by atoms with van der Waals surface area (Å²) in [5.74, 6) is 0. The molecule has 0 aliphatic rings. The van der Waals surface area contributed by atoms with Crippen molar-refractivity contribution in [1.82, 2.24) is 0 Å². The van der Waals surface area contributed by atoms with E-state index in [0.717, 1.165) is 0 Å². The number of nitro benzene ring substituents is 1. The van der Waals surface area contributed by atoms with Crippen LogP contribution >= 0.6 is 23.2 Å². The van der Waals surface area contributed by atoms with E-state index in [0.29, 0.717) is 16.7 Å². The van der Waals surface area contributed by atoms with Crippen molar-refractivity contribution in [1.29, 1.82) is 5.26 Å². The Kier molecular flexibility index (Phi) is 3.70. The van der Waals surface area contributed by atoms with Gasteiger partial charge in [0.2, 0.25) is 0 Å². The lowest BCUT2D eigenvalue weighted by atomic mass is 10.0. The second-order valence-corrected chi connectivity index (χ2v) is 4.55. The van der Waals surface area contributed by atoms with Crippen molar-refractivity contribution in [3.8, 4) is 17.2 Å². The van der Waals surface area contributed by atoms with Gasteiger partial charge in [0.25, 0.3) is 5.69 Å². The third-order valence-electron chi connectivity index (χ3n) is 2.54. The third-order valence-corrected chi connectivity index (χ3v) is 3.14. The van der Waals surface area contributed by atoms with Crippen LogP contribution in [0.1, 0.15) is 5.56 Å². The van der Waals surface area contributed by atoms with Gasteiger partial charge >= 0.3 is 0 Å². The van der Waals surface area contributed by atoms with Crippen LogP contribution in [0.4, 0.5) is 5.69 Å². The maximum absolute atomic E-state index is 10.7. The van der Waals surface area contributed by atoms with E-state index in [1.807, 2.05) is 6.07 Å². The summed E-state index contributed by atoms with van der Waals surface area (Å²) in [5.41, 5.74) is 1.56. The van der Waals surface area contributed by atoms with E-state index in [1.165, 1.54) is 12.1 Å². The van der Waals surface area contributed by atoms with Gasteiger partial charge in [-0.05, 0) is 17.7 Å². The molecule has 0 aliphatic carbocycles. The standard InChI is InChI=1S/C13H6Cl2N2O2/c14-11-5-10(17(18)19)6-12(15)13(11)9-3-1-8(7-16)2-4-9/h1-6H. The van der Waals surface area contributed by atoms with Gasteiger partial charge in [0.15, 0.2) is 0 Å². The summed E-state index contributed by atoms with van der Waals surface area (Å²) in [6.07, 6.45) is 0. The summed E-state index contributed by atoms with van der Waals surface area (Å²) in [6.45, 7) is 0. The normalized spacial score (nSPS) is 9.95. The van der Waals surface area contributed by atoms with Gasteiger partial charge in [-0.15, -0.1) is 0 Å². The largest absolute Gasteiger partial charge is 0.272 e. The predicted octanol–water partition coefficient (Wildman–Crippen LogP) is 4.44. The van der Waals surface area contributed by atoms with E-state index in [-0.39, 0.29) is 15.7 Å². The molecule has 0 N–H and O–H groups in total. The Morgan fingerprint density at radius 2 is 1.63 bits per heavy atom. The fourth-order valence-electron chi connectivity index (χ4n) is 1.65. The van der Waals surface area contributed by atoms with Crippen LogP contribution in [0.15, 0.2) is 36.4 Å². The molecule has 0 atom stereocenters. The summed E-state index contributed by atoms with van der Waals surface area (Å²) in [5, 5.41) is 19.8. The van der Waals surface area contributed by atoms with Crippen LogP contribution in [0.2, 0.25) is 10.0 Å². The first kappa shape index (κ1) is 13.3. The van der Waals surface area contributed by atoms with Gasteiger partial charge in [-0.1, -0.05) is 35.3 Å². The second kappa shape index (κ2) is 5.27. The van der Waals surface area contributed by atoms with Crippen LogP contribution in [-0.4, -0.2) is 4.92 Å². The molecule has 0 radical (unpaired) electrons. The molecule has 2 aromatic rings. The lowest BCUT2D eigenvalue weighted by molar-refractivity contribution is -0.384. The van der Waals surface area contributed by atoms with Crippen LogP contribution in [0.5, 0.6) is 0 Å². The minimum absolute atomic E-state index is 0.160. The SMILES string of the molecule is N#Cc1ccc(-c2c(Cl)cc([N+](=O)[O-])cc2Cl)cc1. The Labute approximate surface area is 119 Å². The molecular formula is C13H6Cl2N2O2.